The average Bonchev–Trinajstić information content (AvgIpc) is 3.25. The molecule has 0 saturated carbocycles. The van der Waals surface area contributed by atoms with Crippen molar-refractivity contribution in [2.45, 2.75) is 54.6 Å². The lowest BCUT2D eigenvalue weighted by Gasteiger charge is -2.21. The van der Waals surface area contributed by atoms with Crippen LogP contribution in [-0.2, 0) is 13.1 Å². The molecule has 0 amide bonds. The molecule has 0 spiro atoms. The number of carbonyl (C=O) groups is 2. The van der Waals surface area contributed by atoms with Crippen LogP contribution in [0.5, 0.6) is 0 Å². The van der Waals surface area contributed by atoms with Gasteiger partial charge in [0, 0.05) is 26.2 Å². The van der Waals surface area contributed by atoms with Crippen molar-refractivity contribution in [3.8, 4) is 0 Å². The van der Waals surface area contributed by atoms with Gasteiger partial charge in [-0.2, -0.15) is 0 Å². The first-order valence-electron chi connectivity index (χ1n) is 11.1. The molecule has 0 radical (unpaired) electrons. The summed E-state index contributed by atoms with van der Waals surface area (Å²) in [4.78, 5) is 40.4. The fourth-order valence-corrected chi connectivity index (χ4v) is 4.24. The topological polar surface area (TPSA) is 76.3 Å². The van der Waals surface area contributed by atoms with Gasteiger partial charge in [-0.3, -0.25) is 9.59 Å². The molecule has 1 aliphatic carbocycles. The van der Waals surface area contributed by atoms with Crippen molar-refractivity contribution in [1.29, 1.82) is 0 Å². The van der Waals surface area contributed by atoms with Gasteiger partial charge in [0.05, 0.1) is 0 Å². The molecule has 1 aliphatic rings. The minimum absolute atomic E-state index is 0. The van der Waals surface area contributed by atoms with E-state index >= 15 is 0 Å². The van der Waals surface area contributed by atoms with Gasteiger partial charge in [0.1, 0.15) is 34.4 Å². The highest BCUT2D eigenvalue weighted by atomic mass is 35.5. The van der Waals surface area contributed by atoms with Crippen LogP contribution in [0.3, 0.4) is 0 Å². The van der Waals surface area contributed by atoms with E-state index in [0.29, 0.717) is 36.1 Å². The lowest BCUT2D eigenvalue weighted by Crippen LogP contribution is -2.31. The second-order valence-electron chi connectivity index (χ2n) is 7.73. The molecule has 0 bridgehead atoms. The average molecular weight is 487 g/mol. The maximum Gasteiger partial charge on any atom is 0.232 e. The molecule has 2 aromatic rings. The Labute approximate surface area is 203 Å². The second-order valence-corrected chi connectivity index (χ2v) is 7.73. The predicted octanol–water partition coefficient (Wildman–Crippen LogP) is 3.00. The van der Waals surface area contributed by atoms with Crippen molar-refractivity contribution < 1.29 is 9.59 Å². The molecule has 180 valence electrons. The second kappa shape index (κ2) is 11.9. The maximum atomic E-state index is 13.4. The highest BCUT2D eigenvalue weighted by Gasteiger charge is 2.39. The fraction of sp³-hybridized carbons (Fsp3) is 0.636. The standard InChI is InChI=1S/C22H34N6O2.2ClH/c1-7-25(8-2)11-13-27-15(5)23-17-19(27)21(29)18-20(22(17)30)28(16(6)24-18)14-12-26(9-3)10-4;;/h7-14H2,1-6H3;2*1H. The predicted molar refractivity (Wildman–Crippen MR) is 131 cm³/mol. The molecule has 32 heavy (non-hydrogen) atoms. The Bertz CT molecular complexity index is 869. The van der Waals surface area contributed by atoms with Gasteiger partial charge in [-0.1, -0.05) is 27.7 Å². The number of halogens is 2. The minimum atomic E-state index is -0.190. The van der Waals surface area contributed by atoms with E-state index in [1.54, 1.807) is 0 Å². The van der Waals surface area contributed by atoms with Crippen LogP contribution >= 0.6 is 24.8 Å². The third-order valence-corrected chi connectivity index (χ3v) is 6.25. The van der Waals surface area contributed by atoms with Gasteiger partial charge in [0.15, 0.2) is 0 Å². The van der Waals surface area contributed by atoms with Crippen LogP contribution in [0.25, 0.3) is 0 Å². The molecule has 0 unspecified atom stereocenters. The van der Waals surface area contributed by atoms with Gasteiger partial charge in [-0.25, -0.2) is 9.97 Å². The summed E-state index contributed by atoms with van der Waals surface area (Å²) in [6, 6.07) is 0. The smallest absolute Gasteiger partial charge is 0.232 e. The molecule has 0 N–H and O–H groups in total. The van der Waals surface area contributed by atoms with E-state index in [1.807, 2.05) is 23.0 Å². The molecular weight excluding hydrogens is 451 g/mol. The molecule has 2 aromatic heterocycles. The summed E-state index contributed by atoms with van der Waals surface area (Å²) in [5.74, 6) is 1.02. The van der Waals surface area contributed by atoms with Crippen molar-refractivity contribution in [1.82, 2.24) is 28.9 Å². The Kier molecular flexibility index (Phi) is 10.5. The summed E-state index contributed by atoms with van der Waals surface area (Å²) in [7, 11) is 0. The van der Waals surface area contributed by atoms with E-state index < -0.39 is 0 Å². The van der Waals surface area contributed by atoms with Gasteiger partial charge in [-0.05, 0) is 40.0 Å². The molecule has 0 aliphatic heterocycles. The summed E-state index contributed by atoms with van der Waals surface area (Å²) in [5, 5.41) is 0. The number of aryl methyl sites for hydroxylation is 2. The van der Waals surface area contributed by atoms with Crippen LogP contribution in [-0.4, -0.2) is 79.7 Å². The summed E-state index contributed by atoms with van der Waals surface area (Å²) < 4.78 is 3.78. The first-order valence-corrected chi connectivity index (χ1v) is 11.1. The zero-order valence-corrected chi connectivity index (χ0v) is 21.6. The molecular formula is C22H36Cl2N6O2. The van der Waals surface area contributed by atoms with E-state index in [1.165, 1.54) is 0 Å². The van der Waals surface area contributed by atoms with E-state index in [2.05, 4.69) is 47.5 Å². The van der Waals surface area contributed by atoms with Gasteiger partial charge in [-0.15, -0.1) is 24.8 Å². The van der Waals surface area contributed by atoms with Crippen molar-refractivity contribution in [3.05, 3.63) is 34.4 Å². The van der Waals surface area contributed by atoms with Crippen molar-refractivity contribution in [2.75, 3.05) is 39.3 Å². The number of hydrogen-bond acceptors (Lipinski definition) is 6. The highest BCUT2D eigenvalue weighted by molar-refractivity contribution is 6.25. The number of ketones is 2. The van der Waals surface area contributed by atoms with E-state index in [9.17, 15) is 9.59 Å². The fourth-order valence-electron chi connectivity index (χ4n) is 4.24. The van der Waals surface area contributed by atoms with Crippen LogP contribution in [0.4, 0.5) is 0 Å². The van der Waals surface area contributed by atoms with Crippen LogP contribution < -0.4 is 0 Å². The Morgan fingerprint density at radius 2 is 0.969 bits per heavy atom. The number of nitrogens with zero attached hydrogens (tertiary/aromatic N) is 6. The molecule has 0 aromatic carbocycles. The van der Waals surface area contributed by atoms with E-state index in [4.69, 9.17) is 0 Å². The van der Waals surface area contributed by atoms with Crippen LogP contribution in [0, 0.1) is 13.8 Å². The third kappa shape index (κ3) is 5.09. The van der Waals surface area contributed by atoms with Gasteiger partial charge in [0.2, 0.25) is 11.6 Å². The van der Waals surface area contributed by atoms with Gasteiger partial charge in [0.25, 0.3) is 0 Å². The summed E-state index contributed by atoms with van der Waals surface area (Å²) in [6.45, 7) is 18.9. The number of hydrogen-bond donors (Lipinski definition) is 0. The minimum Gasteiger partial charge on any atom is -0.324 e. The van der Waals surface area contributed by atoms with Crippen LogP contribution in [0.2, 0.25) is 0 Å². The maximum absolute atomic E-state index is 13.4. The molecule has 0 atom stereocenters. The Morgan fingerprint density at radius 1 is 0.656 bits per heavy atom. The highest BCUT2D eigenvalue weighted by Crippen LogP contribution is 2.28. The summed E-state index contributed by atoms with van der Waals surface area (Å²) >= 11 is 0. The molecule has 10 heteroatoms. The molecule has 0 saturated heterocycles. The summed E-state index contributed by atoms with van der Waals surface area (Å²) in [5.41, 5.74) is 1.33. The Balaban J connectivity index is 0.00000256. The normalized spacial score (nSPS) is 12.6. The first kappa shape index (κ1) is 28.3. The number of rotatable bonds is 10. The van der Waals surface area contributed by atoms with Crippen molar-refractivity contribution in [3.63, 3.8) is 0 Å². The third-order valence-electron chi connectivity index (χ3n) is 6.25. The lowest BCUT2D eigenvalue weighted by atomic mass is 9.98. The monoisotopic (exact) mass is 486 g/mol. The van der Waals surface area contributed by atoms with Gasteiger partial charge < -0.3 is 18.9 Å². The van der Waals surface area contributed by atoms with Crippen molar-refractivity contribution in [2.24, 2.45) is 0 Å². The number of imidazole rings is 2. The number of aromatic nitrogens is 4. The molecule has 3 rings (SSSR count). The first-order chi connectivity index (χ1) is 14.4. The number of likely N-dealkylation sites (N-methyl/N-ethyl adjacent to an activating group) is 2. The van der Waals surface area contributed by atoms with Crippen molar-refractivity contribution >= 4 is 36.4 Å². The number of fused-ring (bicyclic) bond motifs is 2. The number of carbonyl (C=O) groups excluding carboxylic acids is 2. The quantitative estimate of drug-likeness (QED) is 0.438. The Morgan fingerprint density at radius 3 is 1.25 bits per heavy atom. The molecule has 2 heterocycles. The zero-order valence-electron chi connectivity index (χ0n) is 20.0. The van der Waals surface area contributed by atoms with Crippen LogP contribution in [0.15, 0.2) is 0 Å². The lowest BCUT2D eigenvalue weighted by molar-refractivity contribution is 0.0961. The SMILES string of the molecule is CCN(CC)CCn1c(C)nc2c1C(=O)c1nc(C)n(CCN(CC)CC)c1C2=O.Cl.Cl. The Hall–Kier alpha value is -1.74. The molecule has 8 nitrogen and oxygen atoms in total. The van der Waals surface area contributed by atoms with Gasteiger partial charge >= 0.3 is 0 Å². The summed E-state index contributed by atoms with van der Waals surface area (Å²) in [6.07, 6.45) is 0. The largest absolute Gasteiger partial charge is 0.324 e. The van der Waals surface area contributed by atoms with E-state index in [0.717, 1.165) is 39.3 Å². The van der Waals surface area contributed by atoms with E-state index in [-0.39, 0.29) is 47.8 Å². The van der Waals surface area contributed by atoms with Crippen LogP contribution in [0.1, 0.15) is 71.7 Å². The molecule has 0 fully saturated rings. The zero-order chi connectivity index (χ0) is 22.0.